The minimum Gasteiger partial charge on any atom is -0.344 e. The van der Waals surface area contributed by atoms with Crippen LogP contribution in [-0.4, -0.2) is 33.3 Å². The van der Waals surface area contributed by atoms with Gasteiger partial charge in [0.2, 0.25) is 26.0 Å². The van der Waals surface area contributed by atoms with E-state index in [1.54, 1.807) is 6.07 Å². The van der Waals surface area contributed by atoms with Crippen LogP contribution in [0.2, 0.25) is 0 Å². The molecule has 0 saturated heterocycles. The molecule has 0 aliphatic carbocycles. The molecule has 0 aliphatic rings. The van der Waals surface area contributed by atoms with E-state index in [2.05, 4.69) is 25.9 Å². The van der Waals surface area contributed by atoms with Gasteiger partial charge < -0.3 is 11.5 Å². The number of nitrogens with one attached hydrogen (secondary N) is 2. The number of halogens is 1. The third kappa shape index (κ3) is 5.84. The van der Waals surface area contributed by atoms with E-state index in [-0.39, 0.29) is 39.7 Å². The number of hydrogen-bond donors (Lipinski definition) is 4. The molecule has 0 radical (unpaired) electrons. The Balaban J connectivity index is 0.00000363. The fourth-order valence-electron chi connectivity index (χ4n) is 2.54. The number of sulfonamides is 2. The van der Waals surface area contributed by atoms with Crippen molar-refractivity contribution in [3.05, 3.63) is 60.5 Å². The zero-order valence-corrected chi connectivity index (χ0v) is 18.1. The maximum Gasteiger partial charge on any atom is 0.241 e. The van der Waals surface area contributed by atoms with E-state index in [1.807, 2.05) is 0 Å². The lowest BCUT2D eigenvalue weighted by atomic mass is 10.1. The fraction of sp³-hybridized carbons (Fsp3) is 0.0526. The van der Waals surface area contributed by atoms with Crippen LogP contribution in [0.4, 0.5) is 16.0 Å². The Morgan fingerprint density at radius 2 is 1.75 bits per heavy atom. The van der Waals surface area contributed by atoms with Crippen molar-refractivity contribution in [2.45, 2.75) is 9.79 Å². The number of anilines is 2. The molecule has 0 amide bonds. The van der Waals surface area contributed by atoms with Crippen LogP contribution >= 0.6 is 0 Å². The van der Waals surface area contributed by atoms with Crippen LogP contribution in [0.5, 0.6) is 0 Å². The predicted molar refractivity (Wildman–Crippen MR) is 118 cm³/mol. The van der Waals surface area contributed by atoms with Gasteiger partial charge in [0.15, 0.2) is 5.82 Å². The van der Waals surface area contributed by atoms with E-state index in [9.17, 15) is 21.2 Å². The van der Waals surface area contributed by atoms with Gasteiger partial charge in [-0.2, -0.15) is 4.72 Å². The van der Waals surface area contributed by atoms with Crippen LogP contribution in [0.3, 0.4) is 0 Å². The third-order valence-corrected chi connectivity index (χ3v) is 6.25. The van der Waals surface area contributed by atoms with Gasteiger partial charge in [0.05, 0.1) is 22.5 Å². The fourth-order valence-corrected chi connectivity index (χ4v) is 4.08. The summed E-state index contributed by atoms with van der Waals surface area (Å²) in [6.45, 7) is -0.194. The monoisotopic (exact) mass is 478 g/mol. The molecule has 13 heteroatoms. The van der Waals surface area contributed by atoms with Crippen LogP contribution < -0.4 is 21.3 Å². The van der Waals surface area contributed by atoms with Crippen molar-refractivity contribution >= 4 is 31.7 Å². The average molecular weight is 479 g/mol. The molecule has 0 unspecified atom stereocenters. The van der Waals surface area contributed by atoms with Crippen molar-refractivity contribution in [3.8, 4) is 23.6 Å². The second-order valence-electron chi connectivity index (χ2n) is 6.14. The zero-order chi connectivity index (χ0) is 22.6. The van der Waals surface area contributed by atoms with E-state index in [0.29, 0.717) is 5.69 Å². The molecule has 32 heavy (non-hydrogen) atoms. The van der Waals surface area contributed by atoms with E-state index in [4.69, 9.17) is 11.6 Å². The molecule has 1 aromatic heterocycles. The summed E-state index contributed by atoms with van der Waals surface area (Å²) in [5.41, 5.74) is 0.331. The first kappa shape index (κ1) is 24.9. The Kier molecular flexibility index (Phi) is 7.62. The summed E-state index contributed by atoms with van der Waals surface area (Å²) in [4.78, 5) is 7.68. The lowest BCUT2D eigenvalue weighted by Crippen LogP contribution is -2.23. The Labute approximate surface area is 184 Å². The number of benzene rings is 2. The molecule has 2 aromatic carbocycles. The maximum absolute atomic E-state index is 14.4. The Hall–Kier alpha value is -3.41. The molecule has 0 atom stereocenters. The summed E-state index contributed by atoms with van der Waals surface area (Å²) < 4.78 is 64.2. The molecule has 3 aromatic rings. The van der Waals surface area contributed by atoms with Crippen LogP contribution in [0.15, 0.2) is 64.5 Å². The number of primary sulfonamides is 1. The molecule has 168 valence electrons. The number of nitrogens with zero attached hydrogens (tertiary/aromatic N) is 2. The van der Waals surface area contributed by atoms with E-state index in [0.717, 1.165) is 6.20 Å². The number of hydrogen-bond acceptors (Lipinski definition) is 8. The van der Waals surface area contributed by atoms with Gasteiger partial charge in [-0.05, 0) is 30.3 Å². The van der Waals surface area contributed by atoms with Crippen LogP contribution in [0.25, 0.3) is 11.3 Å². The van der Waals surface area contributed by atoms with Gasteiger partial charge in [-0.1, -0.05) is 24.1 Å². The second-order valence-corrected chi connectivity index (χ2v) is 9.47. The molecule has 1 heterocycles. The Bertz CT molecular complexity index is 1390. The third-order valence-electron chi connectivity index (χ3n) is 3.94. The van der Waals surface area contributed by atoms with Crippen LogP contribution in [0, 0.1) is 18.2 Å². The lowest BCUT2D eigenvalue weighted by molar-refractivity contribution is 0.585. The van der Waals surface area contributed by atoms with Crippen molar-refractivity contribution in [2.75, 3.05) is 11.9 Å². The standard InChI is InChI=1S/C19H16FN5O4S2.H3N/c1-2-9-23-31(28,29)16-8-3-5-13(10-16)18-17(20)12-22-19(25-18)24-14-6-4-7-15(11-14)30(21,26)27;/h1,3-8,10-12,23H,9H2,(H2,21,26,27)(H,22,24,25);1H3. The van der Waals surface area contributed by atoms with Crippen molar-refractivity contribution in [2.24, 2.45) is 5.14 Å². The first-order chi connectivity index (χ1) is 14.6. The Morgan fingerprint density at radius 1 is 1.06 bits per heavy atom. The molecule has 0 saturated carbocycles. The van der Waals surface area contributed by atoms with E-state index >= 15 is 0 Å². The minimum atomic E-state index is -3.92. The Morgan fingerprint density at radius 3 is 2.44 bits per heavy atom. The zero-order valence-electron chi connectivity index (χ0n) is 16.5. The molecule has 0 aliphatic heterocycles. The normalized spacial score (nSPS) is 11.3. The largest absolute Gasteiger partial charge is 0.344 e. The first-order valence-corrected chi connectivity index (χ1v) is 11.6. The van der Waals surface area contributed by atoms with Crippen molar-refractivity contribution in [3.63, 3.8) is 0 Å². The van der Waals surface area contributed by atoms with Crippen LogP contribution in [-0.2, 0) is 20.0 Å². The second kappa shape index (κ2) is 9.81. The summed E-state index contributed by atoms with van der Waals surface area (Å²) >= 11 is 0. The van der Waals surface area contributed by atoms with Gasteiger partial charge in [-0.15, -0.1) is 6.42 Å². The lowest BCUT2D eigenvalue weighted by Gasteiger charge is -2.10. The summed E-state index contributed by atoms with van der Waals surface area (Å²) in [6.07, 6.45) is 5.99. The van der Waals surface area contributed by atoms with Gasteiger partial charge in [0, 0.05) is 11.3 Å². The highest BCUT2D eigenvalue weighted by Crippen LogP contribution is 2.25. The number of nitrogens with two attached hydrogens (primary N) is 1. The molecule has 10 nitrogen and oxygen atoms in total. The topological polar surface area (TPSA) is 179 Å². The van der Waals surface area contributed by atoms with E-state index in [1.165, 1.54) is 42.5 Å². The summed E-state index contributed by atoms with van der Waals surface area (Å²) in [6, 6.07) is 11.1. The molecule has 0 fully saturated rings. The van der Waals surface area contributed by atoms with E-state index < -0.39 is 25.9 Å². The molecular weight excluding hydrogens is 459 g/mol. The SMILES string of the molecule is C#CCNS(=O)(=O)c1cccc(-c2nc(Nc3cccc(S(N)(=O)=O)c3)ncc2F)c1.N. The smallest absolute Gasteiger partial charge is 0.241 e. The minimum absolute atomic E-state index is 0. The van der Waals surface area contributed by atoms with Crippen molar-refractivity contribution < 1.29 is 21.2 Å². The predicted octanol–water partition coefficient (Wildman–Crippen LogP) is 1.75. The van der Waals surface area contributed by atoms with Crippen molar-refractivity contribution in [1.29, 1.82) is 0 Å². The summed E-state index contributed by atoms with van der Waals surface area (Å²) in [5, 5.41) is 7.88. The molecule has 3 rings (SSSR count). The highest BCUT2D eigenvalue weighted by Gasteiger charge is 2.17. The maximum atomic E-state index is 14.4. The van der Waals surface area contributed by atoms with Crippen molar-refractivity contribution in [1.82, 2.24) is 20.8 Å². The average Bonchev–Trinajstić information content (AvgIpc) is 2.73. The molecule has 0 spiro atoms. The highest BCUT2D eigenvalue weighted by atomic mass is 32.2. The van der Waals surface area contributed by atoms with Crippen LogP contribution in [0.1, 0.15) is 0 Å². The number of terminal acetylenes is 1. The highest BCUT2D eigenvalue weighted by molar-refractivity contribution is 7.89. The summed E-state index contributed by atoms with van der Waals surface area (Å²) in [5.74, 6) is 1.35. The quantitative estimate of drug-likeness (QED) is 0.371. The van der Waals surface area contributed by atoms with Gasteiger partial charge in [-0.3, -0.25) is 0 Å². The molecule has 0 bridgehead atoms. The summed E-state index contributed by atoms with van der Waals surface area (Å²) in [7, 11) is -7.80. The van der Waals surface area contributed by atoms with Gasteiger partial charge in [0.25, 0.3) is 0 Å². The van der Waals surface area contributed by atoms with Gasteiger partial charge >= 0.3 is 0 Å². The van der Waals surface area contributed by atoms with Gasteiger partial charge in [0.1, 0.15) is 5.69 Å². The molecule has 7 N–H and O–H groups in total. The molecular formula is C19H19FN6O4S2. The number of aromatic nitrogens is 2. The first-order valence-electron chi connectivity index (χ1n) is 8.56. The van der Waals surface area contributed by atoms with Gasteiger partial charge in [-0.25, -0.2) is 36.3 Å². The number of rotatable bonds is 7.